The van der Waals surface area contributed by atoms with Crippen molar-refractivity contribution in [1.82, 2.24) is 0 Å². The lowest BCUT2D eigenvalue weighted by molar-refractivity contribution is 0.324. The van der Waals surface area contributed by atoms with Crippen LogP contribution in [0, 0.1) is 0 Å². The van der Waals surface area contributed by atoms with Gasteiger partial charge in [0.05, 0.1) is 21.6 Å². The van der Waals surface area contributed by atoms with Gasteiger partial charge in [0.25, 0.3) is 0 Å². The van der Waals surface area contributed by atoms with Gasteiger partial charge in [-0.05, 0) is 31.2 Å². The number of halogens is 4. The lowest BCUT2D eigenvalue weighted by Crippen LogP contribution is -2.28. The van der Waals surface area contributed by atoms with Crippen LogP contribution < -0.4 is 9.64 Å². The molecule has 0 saturated heterocycles. The van der Waals surface area contributed by atoms with E-state index in [9.17, 15) is 0 Å². The van der Waals surface area contributed by atoms with Gasteiger partial charge in [-0.3, -0.25) is 0 Å². The van der Waals surface area contributed by atoms with Crippen molar-refractivity contribution >= 4 is 52.1 Å². The molecule has 0 aliphatic rings. The zero-order chi connectivity index (χ0) is 16.1. The molecule has 0 fully saturated rings. The summed E-state index contributed by atoms with van der Waals surface area (Å²) in [4.78, 5) is 2.16. The highest BCUT2D eigenvalue weighted by atomic mass is 35.5. The number of benzene rings is 2. The molecule has 0 aliphatic heterocycles. The van der Waals surface area contributed by atoms with Crippen molar-refractivity contribution in [2.24, 2.45) is 0 Å². The number of hydrogen-bond donors (Lipinski definition) is 0. The maximum atomic E-state index is 6.09. The maximum absolute atomic E-state index is 6.09. The molecular weight excluding hydrogens is 364 g/mol. The highest BCUT2D eigenvalue weighted by Crippen LogP contribution is 2.33. The van der Waals surface area contributed by atoms with Gasteiger partial charge in [0.15, 0.2) is 0 Å². The monoisotopic (exact) mass is 377 g/mol. The Morgan fingerprint density at radius 1 is 0.955 bits per heavy atom. The maximum Gasteiger partial charge on any atom is 0.139 e. The summed E-state index contributed by atoms with van der Waals surface area (Å²) in [6.07, 6.45) is 0. The SMILES string of the molecule is CCN(CCOc1cc(Cl)c(Cl)cc1Cl)c1cccc(Cl)c1. The number of ether oxygens (including phenoxy) is 1. The summed E-state index contributed by atoms with van der Waals surface area (Å²) in [5.74, 6) is 0.526. The van der Waals surface area contributed by atoms with E-state index in [1.54, 1.807) is 12.1 Å². The van der Waals surface area contributed by atoms with E-state index in [-0.39, 0.29) is 0 Å². The molecule has 6 heteroatoms. The van der Waals surface area contributed by atoms with Gasteiger partial charge < -0.3 is 9.64 Å². The second kappa shape index (κ2) is 8.16. The van der Waals surface area contributed by atoms with E-state index >= 15 is 0 Å². The first kappa shape index (κ1) is 17.6. The van der Waals surface area contributed by atoms with Gasteiger partial charge in [-0.1, -0.05) is 52.5 Å². The van der Waals surface area contributed by atoms with Crippen LogP contribution in [0.2, 0.25) is 20.1 Å². The summed E-state index contributed by atoms with van der Waals surface area (Å²) < 4.78 is 5.71. The van der Waals surface area contributed by atoms with Gasteiger partial charge in [0, 0.05) is 23.3 Å². The normalized spacial score (nSPS) is 10.6. The fourth-order valence-electron chi connectivity index (χ4n) is 2.02. The van der Waals surface area contributed by atoms with Crippen molar-refractivity contribution in [3.05, 3.63) is 56.5 Å². The molecule has 0 aromatic heterocycles. The topological polar surface area (TPSA) is 12.5 Å². The molecule has 0 unspecified atom stereocenters. The van der Waals surface area contributed by atoms with E-state index in [0.717, 1.165) is 12.2 Å². The summed E-state index contributed by atoms with van der Waals surface area (Å²) >= 11 is 24.0. The molecule has 0 N–H and O–H groups in total. The van der Waals surface area contributed by atoms with E-state index in [1.807, 2.05) is 24.3 Å². The Morgan fingerprint density at radius 3 is 2.36 bits per heavy atom. The third kappa shape index (κ3) is 4.60. The van der Waals surface area contributed by atoms with Crippen LogP contribution in [0.15, 0.2) is 36.4 Å². The molecule has 2 aromatic carbocycles. The fourth-order valence-corrected chi connectivity index (χ4v) is 2.80. The number of likely N-dealkylation sites (N-methyl/N-ethyl adjacent to an activating group) is 1. The van der Waals surface area contributed by atoms with E-state index in [2.05, 4.69) is 11.8 Å². The number of hydrogen-bond acceptors (Lipinski definition) is 2. The first-order valence-electron chi connectivity index (χ1n) is 6.79. The summed E-state index contributed by atoms with van der Waals surface area (Å²) in [5.41, 5.74) is 1.05. The molecule has 2 rings (SSSR count). The minimum atomic E-state index is 0.410. The third-order valence-corrected chi connectivity index (χ3v) is 4.40. The standard InChI is InChI=1S/C16H15Cl4NO/c1-2-21(12-5-3-4-11(17)8-12)6-7-22-16-10-14(19)13(18)9-15(16)20/h3-5,8-10H,2,6-7H2,1H3. The highest BCUT2D eigenvalue weighted by molar-refractivity contribution is 6.43. The predicted octanol–water partition coefficient (Wildman–Crippen LogP) is 6.21. The zero-order valence-electron chi connectivity index (χ0n) is 12.0. The van der Waals surface area contributed by atoms with Crippen LogP contribution in [-0.4, -0.2) is 19.7 Å². The van der Waals surface area contributed by atoms with Crippen molar-refractivity contribution in [1.29, 1.82) is 0 Å². The van der Waals surface area contributed by atoms with Gasteiger partial charge in [0.2, 0.25) is 0 Å². The fraction of sp³-hybridized carbons (Fsp3) is 0.250. The van der Waals surface area contributed by atoms with Crippen molar-refractivity contribution in [2.45, 2.75) is 6.92 Å². The van der Waals surface area contributed by atoms with E-state index in [0.29, 0.717) is 39.0 Å². The van der Waals surface area contributed by atoms with Crippen LogP contribution >= 0.6 is 46.4 Å². The van der Waals surface area contributed by atoms with Gasteiger partial charge in [-0.25, -0.2) is 0 Å². The molecule has 22 heavy (non-hydrogen) atoms. The molecule has 0 bridgehead atoms. The summed E-state index contributed by atoms with van der Waals surface area (Å²) in [7, 11) is 0. The van der Waals surface area contributed by atoms with Crippen molar-refractivity contribution in [3.8, 4) is 5.75 Å². The average Bonchev–Trinajstić information content (AvgIpc) is 2.48. The summed E-state index contributed by atoms with van der Waals surface area (Å²) in [6, 6.07) is 10.9. The quantitative estimate of drug-likeness (QED) is 0.554. The lowest BCUT2D eigenvalue weighted by atomic mass is 10.3. The smallest absolute Gasteiger partial charge is 0.139 e. The van der Waals surface area contributed by atoms with Crippen molar-refractivity contribution in [3.63, 3.8) is 0 Å². The molecule has 0 atom stereocenters. The molecule has 0 amide bonds. The van der Waals surface area contributed by atoms with Crippen LogP contribution in [0.4, 0.5) is 5.69 Å². The largest absolute Gasteiger partial charge is 0.490 e. The van der Waals surface area contributed by atoms with Crippen LogP contribution in [0.25, 0.3) is 0 Å². The van der Waals surface area contributed by atoms with Crippen LogP contribution in [0.1, 0.15) is 6.92 Å². The van der Waals surface area contributed by atoms with E-state index in [1.165, 1.54) is 0 Å². The van der Waals surface area contributed by atoms with Gasteiger partial charge >= 0.3 is 0 Å². The average molecular weight is 379 g/mol. The third-order valence-electron chi connectivity index (χ3n) is 3.15. The molecular formula is C16H15Cl4NO. The number of anilines is 1. The summed E-state index contributed by atoms with van der Waals surface area (Å²) in [6.45, 7) is 4.09. The lowest BCUT2D eigenvalue weighted by Gasteiger charge is -2.23. The Hall–Kier alpha value is -0.800. The zero-order valence-corrected chi connectivity index (χ0v) is 15.0. The molecule has 0 radical (unpaired) electrons. The highest BCUT2D eigenvalue weighted by Gasteiger charge is 2.09. The van der Waals surface area contributed by atoms with Gasteiger partial charge in [-0.2, -0.15) is 0 Å². The molecule has 0 saturated carbocycles. The minimum absolute atomic E-state index is 0.410. The molecule has 0 heterocycles. The second-order valence-corrected chi connectivity index (χ2v) is 6.26. The van der Waals surface area contributed by atoms with Crippen LogP contribution in [-0.2, 0) is 0 Å². The van der Waals surface area contributed by atoms with Crippen molar-refractivity contribution < 1.29 is 4.74 Å². The van der Waals surface area contributed by atoms with Crippen molar-refractivity contribution in [2.75, 3.05) is 24.6 Å². The van der Waals surface area contributed by atoms with Crippen LogP contribution in [0.3, 0.4) is 0 Å². The molecule has 2 nitrogen and oxygen atoms in total. The Kier molecular flexibility index (Phi) is 6.51. The van der Waals surface area contributed by atoms with Gasteiger partial charge in [0.1, 0.15) is 12.4 Å². The van der Waals surface area contributed by atoms with E-state index in [4.69, 9.17) is 51.1 Å². The Bertz CT molecular complexity index is 648. The Labute approximate surface area is 150 Å². The van der Waals surface area contributed by atoms with Gasteiger partial charge in [-0.15, -0.1) is 0 Å². The van der Waals surface area contributed by atoms with Crippen LogP contribution in [0.5, 0.6) is 5.75 Å². The Balaban J connectivity index is 1.99. The van der Waals surface area contributed by atoms with E-state index < -0.39 is 0 Å². The summed E-state index contributed by atoms with van der Waals surface area (Å²) in [5, 5.41) is 1.99. The first-order valence-corrected chi connectivity index (χ1v) is 8.30. The predicted molar refractivity (Wildman–Crippen MR) is 96.3 cm³/mol. The number of nitrogens with zero attached hydrogens (tertiary/aromatic N) is 1. The molecule has 118 valence electrons. The second-order valence-electron chi connectivity index (χ2n) is 4.60. The molecule has 0 spiro atoms. The number of rotatable bonds is 6. The minimum Gasteiger partial charge on any atom is -0.490 e. The Morgan fingerprint density at radius 2 is 1.68 bits per heavy atom. The first-order chi connectivity index (χ1) is 10.5. The molecule has 2 aromatic rings. The molecule has 0 aliphatic carbocycles.